The molecule has 1 atom stereocenters. The number of ketones is 1. The quantitative estimate of drug-likeness (QED) is 0.576. The summed E-state index contributed by atoms with van der Waals surface area (Å²) in [5, 5.41) is 3.86. The van der Waals surface area contributed by atoms with Gasteiger partial charge in [-0.2, -0.15) is 11.3 Å². The van der Waals surface area contributed by atoms with Gasteiger partial charge in [0.1, 0.15) is 0 Å². The Labute approximate surface area is 107 Å². The first kappa shape index (κ1) is 12.4. The maximum Gasteiger partial charge on any atom is 0.164 e. The van der Waals surface area contributed by atoms with Crippen molar-refractivity contribution in [2.75, 3.05) is 0 Å². The van der Waals surface area contributed by atoms with Crippen molar-refractivity contribution in [1.29, 1.82) is 0 Å². The van der Waals surface area contributed by atoms with E-state index in [0.29, 0.717) is 12.3 Å². The first-order valence-corrected chi connectivity index (χ1v) is 7.27. The molecular weight excluding hydrogens is 228 g/mol. The molecule has 1 fully saturated rings. The fourth-order valence-electron chi connectivity index (χ4n) is 2.64. The molecule has 1 nitrogen and oxygen atoms in total. The van der Waals surface area contributed by atoms with E-state index < -0.39 is 0 Å². The highest BCUT2D eigenvalue weighted by atomic mass is 32.1. The second-order valence-corrected chi connectivity index (χ2v) is 5.59. The number of hydrogen-bond acceptors (Lipinski definition) is 2. The molecule has 90 valence electrons. The van der Waals surface area contributed by atoms with Gasteiger partial charge in [-0.25, -0.2) is 0 Å². The molecule has 1 aliphatic carbocycles. The van der Waals surface area contributed by atoms with E-state index in [9.17, 15) is 4.79 Å². The number of terminal acetylenes is 1. The van der Waals surface area contributed by atoms with Crippen LogP contribution in [-0.4, -0.2) is 5.78 Å². The summed E-state index contributed by atoms with van der Waals surface area (Å²) in [6.45, 7) is 0. The average Bonchev–Trinajstić information content (AvgIpc) is 2.90. The minimum atomic E-state index is 0.141. The predicted molar refractivity (Wildman–Crippen MR) is 72.2 cm³/mol. The fourth-order valence-corrected chi connectivity index (χ4v) is 3.30. The fraction of sp³-hybridized carbons (Fsp3) is 0.533. The van der Waals surface area contributed by atoms with Crippen molar-refractivity contribution < 1.29 is 4.79 Å². The Morgan fingerprint density at radius 2 is 2.24 bits per heavy atom. The largest absolute Gasteiger partial charge is 0.294 e. The van der Waals surface area contributed by atoms with Crippen molar-refractivity contribution in [3.63, 3.8) is 0 Å². The number of thiophene rings is 1. The van der Waals surface area contributed by atoms with Crippen molar-refractivity contribution in [2.24, 2.45) is 11.8 Å². The van der Waals surface area contributed by atoms with Gasteiger partial charge in [0.2, 0.25) is 0 Å². The van der Waals surface area contributed by atoms with Crippen LogP contribution in [0.15, 0.2) is 16.8 Å². The van der Waals surface area contributed by atoms with Gasteiger partial charge in [0.15, 0.2) is 5.78 Å². The minimum absolute atomic E-state index is 0.141. The molecule has 0 aromatic carbocycles. The van der Waals surface area contributed by atoms with Gasteiger partial charge in [-0.15, -0.1) is 12.3 Å². The topological polar surface area (TPSA) is 17.1 Å². The summed E-state index contributed by atoms with van der Waals surface area (Å²) in [6, 6.07) is 1.89. The molecule has 1 aliphatic rings. The predicted octanol–water partition coefficient (Wildman–Crippen LogP) is 4.15. The minimum Gasteiger partial charge on any atom is -0.294 e. The molecule has 1 aromatic rings. The summed E-state index contributed by atoms with van der Waals surface area (Å²) < 4.78 is 0. The van der Waals surface area contributed by atoms with E-state index in [1.165, 1.54) is 32.1 Å². The lowest BCUT2D eigenvalue weighted by molar-refractivity contribution is 0.0953. The van der Waals surface area contributed by atoms with Gasteiger partial charge in [-0.05, 0) is 30.2 Å². The Morgan fingerprint density at radius 3 is 2.82 bits per heavy atom. The third-order valence-corrected chi connectivity index (χ3v) is 4.36. The molecule has 1 saturated carbocycles. The number of carbonyl (C=O) groups excluding carboxylic acids is 1. The maximum absolute atomic E-state index is 12.0. The molecule has 0 N–H and O–H groups in total. The van der Waals surface area contributed by atoms with Crippen LogP contribution in [0.5, 0.6) is 0 Å². The smallest absolute Gasteiger partial charge is 0.164 e. The van der Waals surface area contributed by atoms with Crippen LogP contribution < -0.4 is 0 Å². The summed E-state index contributed by atoms with van der Waals surface area (Å²) in [5.41, 5.74) is 0.825. The van der Waals surface area contributed by atoms with Gasteiger partial charge >= 0.3 is 0 Å². The van der Waals surface area contributed by atoms with Gasteiger partial charge in [0.25, 0.3) is 0 Å². The Morgan fingerprint density at radius 1 is 1.47 bits per heavy atom. The third kappa shape index (κ3) is 3.20. The number of rotatable bonds is 4. The Bertz CT molecular complexity index is 393. The van der Waals surface area contributed by atoms with E-state index in [1.807, 2.05) is 16.8 Å². The van der Waals surface area contributed by atoms with Crippen LogP contribution in [0.25, 0.3) is 0 Å². The van der Waals surface area contributed by atoms with E-state index in [4.69, 9.17) is 6.42 Å². The monoisotopic (exact) mass is 246 g/mol. The lowest BCUT2D eigenvalue weighted by Crippen LogP contribution is -2.19. The summed E-state index contributed by atoms with van der Waals surface area (Å²) >= 11 is 1.57. The molecular formula is C15H18OS. The van der Waals surface area contributed by atoms with Gasteiger partial charge < -0.3 is 0 Å². The van der Waals surface area contributed by atoms with Crippen LogP contribution in [0.1, 0.15) is 48.9 Å². The molecule has 0 aliphatic heterocycles. The highest BCUT2D eigenvalue weighted by Crippen LogP contribution is 2.32. The summed E-state index contributed by atoms with van der Waals surface area (Å²) in [6.07, 6.45) is 12.4. The van der Waals surface area contributed by atoms with Crippen LogP contribution in [0.3, 0.4) is 0 Å². The molecule has 17 heavy (non-hydrogen) atoms. The number of Topliss-reactive ketones (excluding diaryl/α,β-unsaturated/α-hetero) is 1. The van der Waals surface area contributed by atoms with Crippen LogP contribution in [0.2, 0.25) is 0 Å². The molecule has 0 unspecified atom stereocenters. The second kappa shape index (κ2) is 6.02. The molecule has 0 bridgehead atoms. The zero-order chi connectivity index (χ0) is 12.1. The van der Waals surface area contributed by atoms with E-state index in [2.05, 4.69) is 5.92 Å². The van der Waals surface area contributed by atoms with Gasteiger partial charge in [0, 0.05) is 23.3 Å². The summed E-state index contributed by atoms with van der Waals surface area (Å²) in [5.74, 6) is 3.76. The zero-order valence-electron chi connectivity index (χ0n) is 10.0. The Kier molecular flexibility index (Phi) is 4.39. The standard InChI is InChI=1S/C15H18OS/c1-2-12(13-6-4-3-5-7-13)10-15(16)14-8-9-17-11-14/h1,8-9,11-13H,3-7,10H2/t12-/m0/s1. The maximum atomic E-state index is 12.0. The molecule has 0 amide bonds. The third-order valence-electron chi connectivity index (χ3n) is 3.68. The molecule has 2 rings (SSSR count). The number of carbonyl (C=O) groups is 1. The van der Waals surface area contributed by atoms with Crippen LogP contribution in [-0.2, 0) is 0 Å². The highest BCUT2D eigenvalue weighted by molar-refractivity contribution is 7.08. The second-order valence-electron chi connectivity index (χ2n) is 4.81. The van der Waals surface area contributed by atoms with Crippen LogP contribution in [0, 0.1) is 24.2 Å². The summed E-state index contributed by atoms with van der Waals surface area (Å²) in [4.78, 5) is 12.0. The SMILES string of the molecule is C#C[C@@H](CC(=O)c1ccsc1)C1CCCCC1. The molecule has 2 heteroatoms. The normalized spacial score (nSPS) is 18.5. The number of hydrogen-bond donors (Lipinski definition) is 0. The molecule has 0 radical (unpaired) electrons. The summed E-state index contributed by atoms with van der Waals surface area (Å²) in [7, 11) is 0. The molecule has 0 spiro atoms. The van der Waals surface area contributed by atoms with E-state index in [1.54, 1.807) is 11.3 Å². The highest BCUT2D eigenvalue weighted by Gasteiger charge is 2.24. The molecule has 1 aromatic heterocycles. The molecule has 0 saturated heterocycles. The zero-order valence-corrected chi connectivity index (χ0v) is 10.8. The van der Waals surface area contributed by atoms with Crippen molar-refractivity contribution in [1.82, 2.24) is 0 Å². The van der Waals surface area contributed by atoms with E-state index in [0.717, 1.165) is 5.56 Å². The van der Waals surface area contributed by atoms with Gasteiger partial charge in [-0.3, -0.25) is 4.79 Å². The van der Waals surface area contributed by atoms with Crippen molar-refractivity contribution in [2.45, 2.75) is 38.5 Å². The Balaban J connectivity index is 1.95. The average molecular weight is 246 g/mol. The van der Waals surface area contributed by atoms with Crippen molar-refractivity contribution >= 4 is 17.1 Å². The van der Waals surface area contributed by atoms with Gasteiger partial charge in [-0.1, -0.05) is 19.3 Å². The first-order chi connectivity index (χ1) is 8.31. The van der Waals surface area contributed by atoms with Crippen LogP contribution >= 0.6 is 11.3 Å². The van der Waals surface area contributed by atoms with E-state index in [-0.39, 0.29) is 11.7 Å². The lowest BCUT2D eigenvalue weighted by atomic mass is 9.78. The van der Waals surface area contributed by atoms with E-state index >= 15 is 0 Å². The van der Waals surface area contributed by atoms with Gasteiger partial charge in [0.05, 0.1) is 0 Å². The van der Waals surface area contributed by atoms with Crippen LogP contribution in [0.4, 0.5) is 0 Å². The lowest BCUT2D eigenvalue weighted by Gasteiger charge is -2.26. The Hall–Kier alpha value is -1.07. The molecule has 1 heterocycles. The first-order valence-electron chi connectivity index (χ1n) is 6.33. The van der Waals surface area contributed by atoms with Crippen molar-refractivity contribution in [3.05, 3.63) is 22.4 Å². The van der Waals surface area contributed by atoms with Crippen molar-refractivity contribution in [3.8, 4) is 12.3 Å².